The molecule has 0 N–H and O–H groups in total. The second kappa shape index (κ2) is 10.9. The van der Waals surface area contributed by atoms with Crippen LogP contribution in [0.1, 0.15) is 29.3 Å². The third-order valence-corrected chi connectivity index (χ3v) is 5.48. The molecule has 0 radical (unpaired) electrons. The van der Waals surface area contributed by atoms with Crippen molar-refractivity contribution in [3.05, 3.63) is 58.2 Å². The lowest BCUT2D eigenvalue weighted by Gasteiger charge is -2.22. The number of aromatic nitrogens is 1. The molecule has 1 amide bonds. The van der Waals surface area contributed by atoms with Gasteiger partial charge in [-0.2, -0.15) is 0 Å². The predicted octanol–water partition coefficient (Wildman–Crippen LogP) is 3.78. The molecule has 0 saturated carbocycles. The first-order chi connectivity index (χ1) is 15.0. The maximum atomic E-state index is 12.7. The zero-order chi connectivity index (χ0) is 22.2. The van der Waals surface area contributed by atoms with E-state index in [0.717, 1.165) is 28.8 Å². The maximum Gasteiger partial charge on any atom is 0.339 e. The summed E-state index contributed by atoms with van der Waals surface area (Å²) in [7, 11) is 1.61. The predicted molar refractivity (Wildman–Crippen MR) is 123 cm³/mol. The zero-order valence-corrected chi connectivity index (χ0v) is 19.3. The van der Waals surface area contributed by atoms with Crippen LogP contribution in [0.5, 0.6) is 5.75 Å². The molecule has 7 nitrogen and oxygen atoms in total. The van der Waals surface area contributed by atoms with Gasteiger partial charge in [0.25, 0.3) is 0 Å². The van der Waals surface area contributed by atoms with E-state index in [-0.39, 0.29) is 11.9 Å². The smallest absolute Gasteiger partial charge is 0.339 e. The first kappa shape index (κ1) is 22.8. The molecular weight excluding hydrogens is 462 g/mol. The Bertz CT molecular complexity index is 946. The fourth-order valence-corrected chi connectivity index (χ4v) is 3.76. The lowest BCUT2D eigenvalue weighted by atomic mass is 10.2. The number of amides is 1. The van der Waals surface area contributed by atoms with E-state index < -0.39 is 0 Å². The van der Waals surface area contributed by atoms with Gasteiger partial charge in [-0.05, 0) is 49.8 Å². The lowest BCUT2D eigenvalue weighted by Crippen LogP contribution is -2.34. The third kappa shape index (κ3) is 6.07. The summed E-state index contributed by atoms with van der Waals surface area (Å²) in [5.41, 5.74) is 1.28. The van der Waals surface area contributed by atoms with E-state index in [9.17, 15) is 9.59 Å². The number of ether oxygens (including phenoxy) is 2. The molecular formula is C23H26BrN3O4. The minimum Gasteiger partial charge on any atom is -0.496 e. The van der Waals surface area contributed by atoms with Gasteiger partial charge in [0.1, 0.15) is 11.6 Å². The number of benzene rings is 1. The number of hydrogen-bond donors (Lipinski definition) is 0. The van der Waals surface area contributed by atoms with Crippen LogP contribution in [-0.4, -0.2) is 61.7 Å². The summed E-state index contributed by atoms with van der Waals surface area (Å²) in [5.74, 6) is 1.10. The average molecular weight is 488 g/mol. The van der Waals surface area contributed by atoms with Crippen molar-refractivity contribution in [3.63, 3.8) is 0 Å². The summed E-state index contributed by atoms with van der Waals surface area (Å²) < 4.78 is 11.3. The Hall–Kier alpha value is -2.87. The summed E-state index contributed by atoms with van der Waals surface area (Å²) in [6.07, 6.45) is 5.74. The highest BCUT2D eigenvalue weighted by Crippen LogP contribution is 2.24. The normalized spacial score (nSPS) is 14.4. The van der Waals surface area contributed by atoms with Crippen molar-refractivity contribution in [2.45, 2.75) is 13.3 Å². The van der Waals surface area contributed by atoms with E-state index in [1.807, 2.05) is 29.2 Å². The van der Waals surface area contributed by atoms with Gasteiger partial charge in [-0.1, -0.05) is 15.9 Å². The van der Waals surface area contributed by atoms with Crippen LogP contribution in [0.4, 0.5) is 5.82 Å². The van der Waals surface area contributed by atoms with Crippen molar-refractivity contribution in [2.24, 2.45) is 0 Å². The Labute approximate surface area is 190 Å². The van der Waals surface area contributed by atoms with Gasteiger partial charge >= 0.3 is 5.97 Å². The molecule has 0 aliphatic carbocycles. The first-order valence-electron chi connectivity index (χ1n) is 10.2. The van der Waals surface area contributed by atoms with Gasteiger partial charge in [-0.15, -0.1) is 0 Å². The molecule has 1 aliphatic rings. The molecule has 8 heteroatoms. The second-order valence-electron chi connectivity index (χ2n) is 7.01. The molecule has 0 atom stereocenters. The molecule has 1 aliphatic heterocycles. The standard InChI is InChI=1S/C23H26BrN3O4/c1-3-31-23(29)18-5-9-21(25-16-18)26-11-4-12-27(14-13-26)22(28)10-6-17-15-19(24)7-8-20(17)30-2/h5-10,15-16H,3-4,11-14H2,1-2H3/b10-6+. The molecule has 0 bridgehead atoms. The Morgan fingerprint density at radius 2 is 2.00 bits per heavy atom. The van der Waals surface area contributed by atoms with Crippen LogP contribution in [0.2, 0.25) is 0 Å². The van der Waals surface area contributed by atoms with E-state index in [0.29, 0.717) is 37.6 Å². The fraction of sp³-hybridized carbons (Fsp3) is 0.348. The van der Waals surface area contributed by atoms with Crippen molar-refractivity contribution in [2.75, 3.05) is 44.8 Å². The Kier molecular flexibility index (Phi) is 8.06. The summed E-state index contributed by atoms with van der Waals surface area (Å²) in [6, 6.07) is 9.22. The van der Waals surface area contributed by atoms with Crippen molar-refractivity contribution < 1.29 is 19.1 Å². The number of esters is 1. The number of nitrogens with zero attached hydrogens (tertiary/aromatic N) is 3. The summed E-state index contributed by atoms with van der Waals surface area (Å²) in [4.78, 5) is 32.9. The van der Waals surface area contributed by atoms with Crippen LogP contribution in [0.15, 0.2) is 47.1 Å². The first-order valence-corrected chi connectivity index (χ1v) is 11.0. The quantitative estimate of drug-likeness (QED) is 0.456. The molecule has 31 heavy (non-hydrogen) atoms. The number of methoxy groups -OCH3 is 1. The number of carbonyl (C=O) groups is 2. The van der Waals surface area contributed by atoms with Crippen LogP contribution in [-0.2, 0) is 9.53 Å². The molecule has 1 aromatic carbocycles. The van der Waals surface area contributed by atoms with Gasteiger partial charge in [0.15, 0.2) is 0 Å². The largest absolute Gasteiger partial charge is 0.496 e. The number of hydrogen-bond acceptors (Lipinski definition) is 6. The Morgan fingerprint density at radius 3 is 2.71 bits per heavy atom. The average Bonchev–Trinajstić information content (AvgIpc) is 3.04. The molecule has 1 saturated heterocycles. The zero-order valence-electron chi connectivity index (χ0n) is 17.7. The second-order valence-corrected chi connectivity index (χ2v) is 7.93. The van der Waals surface area contributed by atoms with Crippen LogP contribution in [0.25, 0.3) is 6.08 Å². The highest BCUT2D eigenvalue weighted by molar-refractivity contribution is 9.10. The third-order valence-electron chi connectivity index (χ3n) is 4.99. The maximum absolute atomic E-state index is 12.7. The van der Waals surface area contributed by atoms with E-state index in [1.54, 1.807) is 32.3 Å². The molecule has 3 rings (SSSR count). The molecule has 2 aromatic rings. The highest BCUT2D eigenvalue weighted by atomic mass is 79.9. The fourth-order valence-electron chi connectivity index (χ4n) is 3.38. The molecule has 0 unspecified atom stereocenters. The number of carbonyl (C=O) groups excluding carboxylic acids is 2. The van der Waals surface area contributed by atoms with Crippen molar-refractivity contribution >= 4 is 39.7 Å². The van der Waals surface area contributed by atoms with E-state index in [4.69, 9.17) is 9.47 Å². The molecule has 164 valence electrons. The monoisotopic (exact) mass is 487 g/mol. The van der Waals surface area contributed by atoms with Crippen LogP contribution < -0.4 is 9.64 Å². The van der Waals surface area contributed by atoms with Gasteiger partial charge in [-0.25, -0.2) is 9.78 Å². The number of pyridine rings is 1. The molecule has 1 fully saturated rings. The van der Waals surface area contributed by atoms with Gasteiger partial charge in [-0.3, -0.25) is 4.79 Å². The van der Waals surface area contributed by atoms with E-state index >= 15 is 0 Å². The van der Waals surface area contributed by atoms with E-state index in [2.05, 4.69) is 25.8 Å². The molecule has 2 heterocycles. The van der Waals surface area contributed by atoms with Crippen molar-refractivity contribution in [1.82, 2.24) is 9.88 Å². The molecule has 0 spiro atoms. The minimum absolute atomic E-state index is 0.0329. The van der Waals surface area contributed by atoms with Crippen LogP contribution in [0, 0.1) is 0 Å². The summed E-state index contributed by atoms with van der Waals surface area (Å²) in [5, 5.41) is 0. The SMILES string of the molecule is CCOC(=O)c1ccc(N2CCCN(C(=O)/C=C/c3cc(Br)ccc3OC)CC2)nc1. The number of halogens is 1. The topological polar surface area (TPSA) is 72.0 Å². The van der Waals surface area contributed by atoms with Crippen LogP contribution in [0.3, 0.4) is 0 Å². The van der Waals surface area contributed by atoms with Crippen LogP contribution >= 0.6 is 15.9 Å². The minimum atomic E-state index is -0.372. The summed E-state index contributed by atoms with van der Waals surface area (Å²) in [6.45, 7) is 4.84. The van der Waals surface area contributed by atoms with Crippen molar-refractivity contribution in [3.8, 4) is 5.75 Å². The molecule has 1 aromatic heterocycles. The number of rotatable bonds is 6. The van der Waals surface area contributed by atoms with Gasteiger partial charge in [0, 0.05) is 48.5 Å². The number of anilines is 1. The van der Waals surface area contributed by atoms with E-state index in [1.165, 1.54) is 6.20 Å². The van der Waals surface area contributed by atoms with Gasteiger partial charge in [0.2, 0.25) is 5.91 Å². The Morgan fingerprint density at radius 1 is 1.16 bits per heavy atom. The highest BCUT2D eigenvalue weighted by Gasteiger charge is 2.19. The van der Waals surface area contributed by atoms with Gasteiger partial charge < -0.3 is 19.3 Å². The van der Waals surface area contributed by atoms with Crippen molar-refractivity contribution in [1.29, 1.82) is 0 Å². The Balaban J connectivity index is 1.61. The van der Waals surface area contributed by atoms with Gasteiger partial charge in [0.05, 0.1) is 19.3 Å². The lowest BCUT2D eigenvalue weighted by molar-refractivity contribution is -0.125. The summed E-state index contributed by atoms with van der Waals surface area (Å²) >= 11 is 3.45.